The Bertz CT molecular complexity index is 329. The molecule has 0 spiro atoms. The number of nitrogens with two attached hydrogens (primary N) is 2. The van der Waals surface area contributed by atoms with Gasteiger partial charge in [0.1, 0.15) is 5.75 Å². The van der Waals surface area contributed by atoms with Crippen molar-refractivity contribution in [3.05, 3.63) is 29.3 Å². The topological polar surface area (TPSA) is 70.5 Å². The van der Waals surface area contributed by atoms with Gasteiger partial charge in [0.25, 0.3) is 0 Å². The zero-order valence-corrected chi connectivity index (χ0v) is 9.90. The van der Waals surface area contributed by atoms with E-state index in [4.69, 9.17) is 20.9 Å². The van der Waals surface area contributed by atoms with Crippen molar-refractivity contribution in [2.24, 2.45) is 11.5 Å². The van der Waals surface area contributed by atoms with Gasteiger partial charge in [0.2, 0.25) is 0 Å². The van der Waals surface area contributed by atoms with Gasteiger partial charge in [0, 0.05) is 25.3 Å². The number of rotatable bonds is 6. The molecule has 0 bridgehead atoms. The highest BCUT2D eigenvalue weighted by molar-refractivity contribution is 5.38. The molecule has 0 aliphatic rings. The lowest BCUT2D eigenvalue weighted by atomic mass is 10.0. The van der Waals surface area contributed by atoms with E-state index in [-0.39, 0.29) is 6.04 Å². The molecule has 1 aromatic rings. The van der Waals surface area contributed by atoms with Crippen molar-refractivity contribution in [2.45, 2.75) is 19.6 Å². The fourth-order valence-corrected chi connectivity index (χ4v) is 1.53. The van der Waals surface area contributed by atoms with Gasteiger partial charge in [-0.25, -0.2) is 0 Å². The molecule has 0 radical (unpaired) electrons. The Hall–Kier alpha value is -1.10. The molecule has 0 saturated carbocycles. The first-order chi connectivity index (χ1) is 7.72. The number of hydrogen-bond donors (Lipinski definition) is 2. The molecule has 16 heavy (non-hydrogen) atoms. The maximum Gasteiger partial charge on any atom is 0.124 e. The monoisotopic (exact) mass is 224 g/mol. The van der Waals surface area contributed by atoms with Gasteiger partial charge in [-0.2, -0.15) is 0 Å². The van der Waals surface area contributed by atoms with Gasteiger partial charge in [-0.3, -0.25) is 0 Å². The van der Waals surface area contributed by atoms with E-state index in [1.54, 1.807) is 7.11 Å². The molecule has 0 aliphatic heterocycles. The summed E-state index contributed by atoms with van der Waals surface area (Å²) in [6.07, 6.45) is 0. The molecule has 90 valence electrons. The van der Waals surface area contributed by atoms with E-state index < -0.39 is 0 Å². The summed E-state index contributed by atoms with van der Waals surface area (Å²) < 4.78 is 10.6. The highest BCUT2D eigenvalue weighted by Crippen LogP contribution is 2.23. The van der Waals surface area contributed by atoms with Gasteiger partial charge in [-0.05, 0) is 24.6 Å². The van der Waals surface area contributed by atoms with Crippen molar-refractivity contribution in [1.29, 1.82) is 0 Å². The Labute approximate surface area is 96.5 Å². The molecule has 0 aromatic heterocycles. The lowest BCUT2D eigenvalue weighted by molar-refractivity contribution is 0.180. The van der Waals surface area contributed by atoms with Gasteiger partial charge in [0.05, 0.1) is 13.2 Å². The maximum atomic E-state index is 5.88. The summed E-state index contributed by atoms with van der Waals surface area (Å²) >= 11 is 0. The second-order valence-corrected chi connectivity index (χ2v) is 3.58. The zero-order valence-electron chi connectivity index (χ0n) is 9.90. The van der Waals surface area contributed by atoms with Crippen molar-refractivity contribution in [2.75, 3.05) is 20.3 Å². The normalized spacial score (nSPS) is 12.5. The van der Waals surface area contributed by atoms with Crippen LogP contribution in [0.1, 0.15) is 24.1 Å². The average molecular weight is 224 g/mol. The fourth-order valence-electron chi connectivity index (χ4n) is 1.53. The van der Waals surface area contributed by atoms with Crippen LogP contribution in [0.25, 0.3) is 0 Å². The molecular weight excluding hydrogens is 204 g/mol. The Balaban J connectivity index is 2.96. The number of methoxy groups -OCH3 is 1. The Morgan fingerprint density at radius 1 is 1.38 bits per heavy atom. The highest BCUT2D eigenvalue weighted by Gasteiger charge is 2.09. The van der Waals surface area contributed by atoms with Crippen LogP contribution in [-0.4, -0.2) is 20.3 Å². The van der Waals surface area contributed by atoms with Crippen molar-refractivity contribution >= 4 is 0 Å². The molecule has 4 heteroatoms. The Morgan fingerprint density at radius 3 is 2.69 bits per heavy atom. The van der Waals surface area contributed by atoms with E-state index in [1.807, 2.05) is 25.1 Å². The summed E-state index contributed by atoms with van der Waals surface area (Å²) in [5, 5.41) is 0. The van der Waals surface area contributed by atoms with Gasteiger partial charge in [-0.15, -0.1) is 0 Å². The minimum absolute atomic E-state index is 0.133. The summed E-state index contributed by atoms with van der Waals surface area (Å²) in [6.45, 7) is 3.54. The molecule has 0 aliphatic carbocycles. The quantitative estimate of drug-likeness (QED) is 0.761. The SMILES string of the molecule is CCOc1ccc(C(N)CN)cc1COC. The summed E-state index contributed by atoms with van der Waals surface area (Å²) in [7, 11) is 1.66. The third kappa shape index (κ3) is 3.20. The summed E-state index contributed by atoms with van der Waals surface area (Å²) in [5.74, 6) is 0.845. The molecule has 1 rings (SSSR count). The van der Waals surface area contributed by atoms with Gasteiger partial charge < -0.3 is 20.9 Å². The third-order valence-corrected chi connectivity index (χ3v) is 2.37. The van der Waals surface area contributed by atoms with Crippen LogP contribution in [0.15, 0.2) is 18.2 Å². The maximum absolute atomic E-state index is 5.88. The van der Waals surface area contributed by atoms with Gasteiger partial charge >= 0.3 is 0 Å². The molecule has 1 atom stereocenters. The largest absolute Gasteiger partial charge is 0.494 e. The Kier molecular flexibility index (Phi) is 5.25. The second kappa shape index (κ2) is 6.48. The lowest BCUT2D eigenvalue weighted by Gasteiger charge is -2.14. The van der Waals surface area contributed by atoms with E-state index in [2.05, 4.69) is 0 Å². The van der Waals surface area contributed by atoms with Crippen molar-refractivity contribution < 1.29 is 9.47 Å². The first-order valence-electron chi connectivity index (χ1n) is 5.43. The Morgan fingerprint density at radius 2 is 2.12 bits per heavy atom. The molecule has 1 unspecified atom stereocenters. The molecule has 1 aromatic carbocycles. The predicted molar refractivity (Wildman–Crippen MR) is 64.3 cm³/mol. The average Bonchev–Trinajstić information content (AvgIpc) is 2.31. The minimum atomic E-state index is -0.133. The van der Waals surface area contributed by atoms with Crippen molar-refractivity contribution in [1.82, 2.24) is 0 Å². The molecule has 4 N–H and O–H groups in total. The van der Waals surface area contributed by atoms with E-state index in [0.29, 0.717) is 19.8 Å². The van der Waals surface area contributed by atoms with Crippen LogP contribution in [0.2, 0.25) is 0 Å². The van der Waals surface area contributed by atoms with Crippen molar-refractivity contribution in [3.63, 3.8) is 0 Å². The van der Waals surface area contributed by atoms with Crippen LogP contribution in [-0.2, 0) is 11.3 Å². The van der Waals surface area contributed by atoms with E-state index >= 15 is 0 Å². The van der Waals surface area contributed by atoms with Gasteiger partial charge in [-0.1, -0.05) is 6.07 Å². The van der Waals surface area contributed by atoms with E-state index in [9.17, 15) is 0 Å². The first-order valence-corrected chi connectivity index (χ1v) is 5.43. The highest BCUT2D eigenvalue weighted by atomic mass is 16.5. The molecule has 0 saturated heterocycles. The van der Waals surface area contributed by atoms with Crippen LogP contribution in [0.4, 0.5) is 0 Å². The summed E-state index contributed by atoms with van der Waals surface area (Å²) in [4.78, 5) is 0. The molecule has 0 heterocycles. The first kappa shape index (κ1) is 13.0. The van der Waals surface area contributed by atoms with Crippen LogP contribution >= 0.6 is 0 Å². The van der Waals surface area contributed by atoms with Crippen molar-refractivity contribution in [3.8, 4) is 5.75 Å². The number of ether oxygens (including phenoxy) is 2. The second-order valence-electron chi connectivity index (χ2n) is 3.58. The van der Waals surface area contributed by atoms with E-state index in [1.165, 1.54) is 0 Å². The minimum Gasteiger partial charge on any atom is -0.494 e. The fraction of sp³-hybridized carbons (Fsp3) is 0.500. The summed E-state index contributed by atoms with van der Waals surface area (Å²) in [5.41, 5.74) is 13.4. The number of benzene rings is 1. The van der Waals surface area contributed by atoms with Gasteiger partial charge in [0.15, 0.2) is 0 Å². The molecule has 0 amide bonds. The standard InChI is InChI=1S/C12H20N2O2/c1-3-16-12-5-4-9(11(14)7-13)6-10(12)8-15-2/h4-6,11H,3,7-8,13-14H2,1-2H3. The summed E-state index contributed by atoms with van der Waals surface area (Å²) in [6, 6.07) is 5.72. The zero-order chi connectivity index (χ0) is 12.0. The third-order valence-electron chi connectivity index (χ3n) is 2.37. The van der Waals surface area contributed by atoms with Crippen LogP contribution in [0, 0.1) is 0 Å². The van der Waals surface area contributed by atoms with Crippen LogP contribution < -0.4 is 16.2 Å². The lowest BCUT2D eigenvalue weighted by Crippen LogP contribution is -2.20. The van der Waals surface area contributed by atoms with Crippen LogP contribution in [0.5, 0.6) is 5.75 Å². The predicted octanol–water partition coefficient (Wildman–Crippen LogP) is 1.19. The number of hydrogen-bond acceptors (Lipinski definition) is 4. The molecule has 4 nitrogen and oxygen atoms in total. The van der Waals surface area contributed by atoms with E-state index in [0.717, 1.165) is 16.9 Å². The smallest absolute Gasteiger partial charge is 0.124 e. The molecule has 0 fully saturated rings. The van der Waals surface area contributed by atoms with Crippen LogP contribution in [0.3, 0.4) is 0 Å². The molecular formula is C12H20N2O2.